The molecule has 0 radical (unpaired) electrons. The van der Waals surface area contributed by atoms with E-state index in [1.54, 1.807) is 26.4 Å². The van der Waals surface area contributed by atoms with Crippen molar-refractivity contribution < 1.29 is 4.74 Å². The summed E-state index contributed by atoms with van der Waals surface area (Å²) in [5.74, 6) is 1.58. The summed E-state index contributed by atoms with van der Waals surface area (Å²) in [5.41, 5.74) is 2.04. The van der Waals surface area contributed by atoms with Gasteiger partial charge in [-0.15, -0.1) is 0 Å². The lowest BCUT2D eigenvalue weighted by atomic mass is 10.2. The molecule has 0 bridgehead atoms. The molecule has 8 nitrogen and oxygen atoms in total. The number of anilines is 2. The van der Waals surface area contributed by atoms with E-state index in [-0.39, 0.29) is 5.56 Å². The van der Waals surface area contributed by atoms with Crippen LogP contribution in [0.5, 0.6) is 5.75 Å². The van der Waals surface area contributed by atoms with Gasteiger partial charge in [-0.3, -0.25) is 19.7 Å². The Morgan fingerprint density at radius 3 is 2.74 bits per heavy atom. The molecule has 8 heteroatoms. The van der Waals surface area contributed by atoms with Crippen LogP contribution in [0.3, 0.4) is 0 Å². The van der Waals surface area contributed by atoms with Gasteiger partial charge < -0.3 is 10.1 Å². The number of hydrogen-bond acceptors (Lipinski definition) is 7. The van der Waals surface area contributed by atoms with E-state index in [0.717, 1.165) is 11.3 Å². The zero-order valence-corrected chi connectivity index (χ0v) is 14.9. The van der Waals surface area contributed by atoms with E-state index in [2.05, 4.69) is 25.6 Å². The van der Waals surface area contributed by atoms with Gasteiger partial charge in [0.1, 0.15) is 5.75 Å². The molecule has 4 rings (SSSR count). The largest absolute Gasteiger partial charge is 0.495 e. The first-order chi connectivity index (χ1) is 13.2. The maximum atomic E-state index is 12.6. The summed E-state index contributed by atoms with van der Waals surface area (Å²) in [4.78, 5) is 25.8. The Bertz CT molecular complexity index is 1060. The Labute approximate surface area is 155 Å². The molecule has 3 aromatic rings. The Hall–Kier alpha value is -3.68. The number of nitrogens with zero attached hydrogens (tertiary/aromatic N) is 4. The van der Waals surface area contributed by atoms with E-state index < -0.39 is 6.17 Å². The molecule has 1 aromatic carbocycles. The summed E-state index contributed by atoms with van der Waals surface area (Å²) in [7, 11) is 1.61. The highest BCUT2D eigenvalue weighted by molar-refractivity contribution is 6.04. The van der Waals surface area contributed by atoms with Crippen LogP contribution in [0.2, 0.25) is 0 Å². The maximum absolute atomic E-state index is 12.6. The number of nitrogens with one attached hydrogen (secondary N) is 2. The molecule has 0 saturated heterocycles. The molecule has 1 atom stereocenters. The van der Waals surface area contributed by atoms with Gasteiger partial charge in [0.15, 0.2) is 6.17 Å². The number of ether oxygens (including phenoxy) is 1. The lowest BCUT2D eigenvalue weighted by Crippen LogP contribution is -2.37. The van der Waals surface area contributed by atoms with Crippen LogP contribution >= 0.6 is 0 Å². The predicted octanol–water partition coefficient (Wildman–Crippen LogP) is 2.40. The smallest absolute Gasteiger partial charge is 0.257 e. The molecule has 0 aliphatic carbocycles. The number of guanidine groups is 1. The molecule has 27 heavy (non-hydrogen) atoms. The average molecular weight is 362 g/mol. The Balaban J connectivity index is 1.80. The molecule has 3 heterocycles. The van der Waals surface area contributed by atoms with Gasteiger partial charge in [0.25, 0.3) is 5.56 Å². The van der Waals surface area contributed by atoms with Gasteiger partial charge in [-0.2, -0.15) is 0 Å². The minimum Gasteiger partial charge on any atom is -0.495 e. The molecule has 0 amide bonds. The predicted molar refractivity (Wildman–Crippen MR) is 103 cm³/mol. The molecule has 136 valence electrons. The van der Waals surface area contributed by atoms with Crippen molar-refractivity contribution in [1.29, 1.82) is 0 Å². The second-order valence-electron chi connectivity index (χ2n) is 6.01. The summed E-state index contributed by atoms with van der Waals surface area (Å²) in [5, 5.41) is 6.32. The van der Waals surface area contributed by atoms with Gasteiger partial charge >= 0.3 is 0 Å². The van der Waals surface area contributed by atoms with E-state index in [1.807, 2.05) is 36.4 Å². The Morgan fingerprint density at radius 1 is 1.19 bits per heavy atom. The molecule has 1 aliphatic rings. The first-order valence-electron chi connectivity index (χ1n) is 8.40. The molecule has 0 fully saturated rings. The molecule has 0 saturated carbocycles. The Kier molecular flexibility index (Phi) is 4.29. The fourth-order valence-electron chi connectivity index (χ4n) is 2.95. The molecule has 0 spiro atoms. The standard InChI is InChI=1S/C19H18N6O2/c1-12-11-16(26)25-17(13-7-9-20-10-8-13)23-18(24-19(25)21-12)22-14-5-3-4-6-15(14)27-2/h3-11,17H,1-2H3,(H2,21,22,23,24)/t17-/m1/s1. The zero-order valence-electron chi connectivity index (χ0n) is 14.9. The Morgan fingerprint density at radius 2 is 1.96 bits per heavy atom. The summed E-state index contributed by atoms with van der Waals surface area (Å²) in [6.07, 6.45) is 2.79. The number of aliphatic imine (C=N–C) groups is 1. The summed E-state index contributed by atoms with van der Waals surface area (Å²) >= 11 is 0. The molecule has 1 aliphatic heterocycles. The average Bonchev–Trinajstić information content (AvgIpc) is 2.68. The van der Waals surface area contributed by atoms with Crippen LogP contribution in [0.15, 0.2) is 64.6 Å². The van der Waals surface area contributed by atoms with Crippen LogP contribution in [-0.2, 0) is 0 Å². The van der Waals surface area contributed by atoms with Gasteiger partial charge in [-0.1, -0.05) is 12.1 Å². The normalized spacial score (nSPS) is 15.3. The van der Waals surface area contributed by atoms with Gasteiger partial charge in [0.05, 0.1) is 12.8 Å². The molecular weight excluding hydrogens is 344 g/mol. The number of aryl methyl sites for hydroxylation is 1. The second kappa shape index (κ2) is 6.91. The van der Waals surface area contributed by atoms with Crippen LogP contribution in [0.1, 0.15) is 17.4 Å². The number of pyridine rings is 1. The minimum absolute atomic E-state index is 0.174. The number of para-hydroxylation sites is 2. The highest BCUT2D eigenvalue weighted by Crippen LogP contribution is 2.27. The lowest BCUT2D eigenvalue weighted by Gasteiger charge is -2.27. The molecular formula is C19H18N6O2. The fourth-order valence-corrected chi connectivity index (χ4v) is 2.95. The fraction of sp³-hybridized carbons (Fsp3) is 0.158. The molecule has 2 aromatic heterocycles. The monoisotopic (exact) mass is 362 g/mol. The maximum Gasteiger partial charge on any atom is 0.257 e. The number of methoxy groups -OCH3 is 1. The van der Waals surface area contributed by atoms with Crippen LogP contribution in [0.4, 0.5) is 11.6 Å². The van der Waals surface area contributed by atoms with Crippen LogP contribution in [0.25, 0.3) is 0 Å². The molecule has 0 unspecified atom stereocenters. The van der Waals surface area contributed by atoms with Crippen molar-refractivity contribution in [2.45, 2.75) is 13.1 Å². The molecule has 2 N–H and O–H groups in total. The topological polar surface area (TPSA) is 93.4 Å². The van der Waals surface area contributed by atoms with Gasteiger partial charge in [0.2, 0.25) is 11.9 Å². The third kappa shape index (κ3) is 3.24. The third-order valence-electron chi connectivity index (χ3n) is 4.17. The van der Waals surface area contributed by atoms with Crippen molar-refractivity contribution in [2.24, 2.45) is 4.99 Å². The van der Waals surface area contributed by atoms with E-state index in [0.29, 0.717) is 23.4 Å². The summed E-state index contributed by atoms with van der Waals surface area (Å²) < 4.78 is 6.91. The number of fused-ring (bicyclic) bond motifs is 1. The van der Waals surface area contributed by atoms with Crippen molar-refractivity contribution >= 4 is 17.6 Å². The lowest BCUT2D eigenvalue weighted by molar-refractivity contribution is 0.417. The van der Waals surface area contributed by atoms with Crippen molar-refractivity contribution in [3.05, 3.63) is 76.5 Å². The second-order valence-corrected chi connectivity index (χ2v) is 6.01. The van der Waals surface area contributed by atoms with Crippen LogP contribution in [0, 0.1) is 6.92 Å². The number of hydrogen-bond donors (Lipinski definition) is 2. The van der Waals surface area contributed by atoms with Crippen LogP contribution in [-0.4, -0.2) is 27.6 Å². The van der Waals surface area contributed by atoms with E-state index in [4.69, 9.17) is 4.74 Å². The minimum atomic E-state index is -0.554. The number of aromatic nitrogens is 3. The quantitative estimate of drug-likeness (QED) is 0.743. The third-order valence-corrected chi connectivity index (χ3v) is 4.17. The van der Waals surface area contributed by atoms with E-state index in [1.165, 1.54) is 10.6 Å². The van der Waals surface area contributed by atoms with Crippen LogP contribution < -0.4 is 20.9 Å². The first kappa shape index (κ1) is 16.8. The zero-order chi connectivity index (χ0) is 18.8. The van der Waals surface area contributed by atoms with Gasteiger partial charge in [-0.05, 0) is 31.2 Å². The summed E-state index contributed by atoms with van der Waals surface area (Å²) in [6, 6.07) is 12.7. The van der Waals surface area contributed by atoms with Crippen molar-refractivity contribution in [3.8, 4) is 5.75 Å². The first-order valence-corrected chi connectivity index (χ1v) is 8.40. The highest BCUT2D eigenvalue weighted by atomic mass is 16.5. The SMILES string of the molecule is COc1ccccc1NC1=N[C@@H](c2ccncc2)n2c(nc(C)cc2=O)N1. The van der Waals surface area contributed by atoms with Crippen molar-refractivity contribution in [1.82, 2.24) is 14.5 Å². The van der Waals surface area contributed by atoms with Gasteiger partial charge in [-0.25, -0.2) is 9.98 Å². The van der Waals surface area contributed by atoms with Crippen molar-refractivity contribution in [2.75, 3.05) is 17.7 Å². The van der Waals surface area contributed by atoms with E-state index in [9.17, 15) is 4.79 Å². The van der Waals surface area contributed by atoms with E-state index >= 15 is 0 Å². The summed E-state index contributed by atoms with van der Waals surface area (Å²) in [6.45, 7) is 1.78. The van der Waals surface area contributed by atoms with Crippen molar-refractivity contribution in [3.63, 3.8) is 0 Å². The highest BCUT2D eigenvalue weighted by Gasteiger charge is 2.25. The number of benzene rings is 1. The number of rotatable bonds is 3. The van der Waals surface area contributed by atoms with Gasteiger partial charge in [0, 0.05) is 29.7 Å².